The van der Waals surface area contributed by atoms with E-state index in [1.54, 1.807) is 55.6 Å². The Morgan fingerprint density at radius 1 is 0.735 bits per heavy atom. The fraction of sp³-hybridized carbons (Fsp3) is 0.185. The maximum atomic E-state index is 13.5. The molecular weight excluding hydrogens is 434 g/mol. The average molecular weight is 459 g/mol. The van der Waals surface area contributed by atoms with Crippen molar-refractivity contribution in [2.24, 2.45) is 0 Å². The first kappa shape index (κ1) is 22.9. The summed E-state index contributed by atoms with van der Waals surface area (Å²) in [6, 6.07) is 15.7. The summed E-state index contributed by atoms with van der Waals surface area (Å²) in [6.07, 6.45) is 1.49. The van der Waals surface area contributed by atoms with Crippen molar-refractivity contribution in [3.05, 3.63) is 87.8 Å². The number of aromatic nitrogens is 1. The summed E-state index contributed by atoms with van der Waals surface area (Å²) in [5, 5.41) is 0.699. The third kappa shape index (κ3) is 4.32. The monoisotopic (exact) mass is 459 g/mol. The van der Waals surface area contributed by atoms with Crippen LogP contribution in [-0.4, -0.2) is 31.9 Å². The minimum Gasteiger partial charge on any atom is -0.497 e. The lowest BCUT2D eigenvalue weighted by Crippen LogP contribution is -2.22. The summed E-state index contributed by atoms with van der Waals surface area (Å²) >= 11 is 0. The molecule has 0 amide bonds. The number of methoxy groups -OCH3 is 3. The molecular formula is C27H25NO6. The van der Waals surface area contributed by atoms with Gasteiger partial charge in [0.15, 0.2) is 11.5 Å². The lowest BCUT2D eigenvalue weighted by Gasteiger charge is -2.15. The highest BCUT2D eigenvalue weighted by atomic mass is 16.5. The van der Waals surface area contributed by atoms with E-state index in [0.29, 0.717) is 39.5 Å². The molecule has 0 saturated carbocycles. The molecule has 0 N–H and O–H groups in total. The van der Waals surface area contributed by atoms with Gasteiger partial charge in [0.2, 0.25) is 0 Å². The smallest absolute Gasteiger partial charge is 0.345 e. The Morgan fingerprint density at radius 3 is 1.88 bits per heavy atom. The molecule has 0 bridgehead atoms. The molecule has 34 heavy (non-hydrogen) atoms. The van der Waals surface area contributed by atoms with Crippen molar-refractivity contribution in [1.82, 2.24) is 4.57 Å². The normalized spacial score (nSPS) is 10.7. The number of pyridine rings is 1. The highest BCUT2D eigenvalue weighted by molar-refractivity contribution is 6.05. The molecule has 3 aromatic carbocycles. The Hall–Kier alpha value is -4.26. The summed E-state index contributed by atoms with van der Waals surface area (Å²) < 4.78 is 23.1. The molecule has 0 radical (unpaired) electrons. The van der Waals surface area contributed by atoms with Gasteiger partial charge in [-0.25, -0.2) is 4.79 Å². The van der Waals surface area contributed by atoms with Crippen LogP contribution in [0.2, 0.25) is 0 Å². The number of fused-ring (bicyclic) bond motifs is 1. The fourth-order valence-electron chi connectivity index (χ4n) is 3.92. The molecule has 4 aromatic rings. The van der Waals surface area contributed by atoms with E-state index in [-0.39, 0.29) is 11.1 Å². The predicted octanol–water partition coefficient (Wildman–Crippen LogP) is 4.85. The van der Waals surface area contributed by atoms with Gasteiger partial charge in [-0.05, 0) is 73.5 Å². The summed E-state index contributed by atoms with van der Waals surface area (Å²) in [5.74, 6) is 1.27. The fourth-order valence-corrected chi connectivity index (χ4v) is 3.92. The first-order chi connectivity index (χ1) is 16.3. The van der Waals surface area contributed by atoms with E-state index in [9.17, 15) is 9.59 Å². The van der Waals surface area contributed by atoms with Gasteiger partial charge in [-0.2, -0.15) is 0 Å². The van der Waals surface area contributed by atoms with E-state index in [2.05, 4.69) is 0 Å². The Labute approximate surface area is 197 Å². The Balaban J connectivity index is 1.94. The molecule has 0 spiro atoms. The number of carbonyl (C=O) groups excluding carboxylic acids is 1. The number of ether oxygens (including phenoxy) is 4. The zero-order chi connectivity index (χ0) is 24.4. The number of hydrogen-bond donors (Lipinski definition) is 0. The number of esters is 1. The molecule has 0 aliphatic carbocycles. The summed E-state index contributed by atoms with van der Waals surface area (Å²) in [5.41, 5.74) is 2.42. The lowest BCUT2D eigenvalue weighted by atomic mass is 10.1. The van der Waals surface area contributed by atoms with Gasteiger partial charge in [-0.1, -0.05) is 6.07 Å². The van der Waals surface area contributed by atoms with E-state index < -0.39 is 5.97 Å². The number of carbonyl (C=O) groups is 1. The van der Waals surface area contributed by atoms with Crippen LogP contribution in [0, 0.1) is 13.8 Å². The van der Waals surface area contributed by atoms with Crippen LogP contribution in [0.5, 0.6) is 23.0 Å². The topological polar surface area (TPSA) is 76.0 Å². The van der Waals surface area contributed by atoms with E-state index in [4.69, 9.17) is 18.9 Å². The van der Waals surface area contributed by atoms with Crippen molar-refractivity contribution in [3.63, 3.8) is 0 Å². The van der Waals surface area contributed by atoms with Gasteiger partial charge in [0, 0.05) is 17.3 Å². The molecule has 174 valence electrons. The average Bonchev–Trinajstić information content (AvgIpc) is 2.83. The van der Waals surface area contributed by atoms with Crippen LogP contribution in [-0.2, 0) is 0 Å². The van der Waals surface area contributed by atoms with Crippen LogP contribution in [0.4, 0.5) is 0 Å². The Kier molecular flexibility index (Phi) is 6.27. The molecule has 1 heterocycles. The number of rotatable bonds is 6. The number of benzene rings is 3. The molecule has 0 fully saturated rings. The maximum Gasteiger partial charge on any atom is 0.345 e. The first-order valence-corrected chi connectivity index (χ1v) is 10.6. The van der Waals surface area contributed by atoms with Crippen LogP contribution in [0.15, 0.2) is 65.6 Å². The highest BCUT2D eigenvalue weighted by Gasteiger charge is 2.20. The summed E-state index contributed by atoms with van der Waals surface area (Å²) in [7, 11) is 4.55. The van der Waals surface area contributed by atoms with Gasteiger partial charge in [0.25, 0.3) is 5.56 Å². The number of hydrogen-bond acceptors (Lipinski definition) is 6. The van der Waals surface area contributed by atoms with Gasteiger partial charge in [-0.15, -0.1) is 0 Å². The van der Waals surface area contributed by atoms with Crippen LogP contribution >= 0.6 is 0 Å². The molecule has 0 unspecified atom stereocenters. The van der Waals surface area contributed by atoms with E-state index in [1.807, 2.05) is 19.9 Å². The molecule has 7 heteroatoms. The van der Waals surface area contributed by atoms with E-state index in [0.717, 1.165) is 11.1 Å². The van der Waals surface area contributed by atoms with Crippen LogP contribution < -0.4 is 24.5 Å². The second-order valence-corrected chi connectivity index (χ2v) is 7.88. The van der Waals surface area contributed by atoms with Crippen molar-refractivity contribution in [2.75, 3.05) is 21.3 Å². The summed E-state index contributed by atoms with van der Waals surface area (Å²) in [4.78, 5) is 26.8. The van der Waals surface area contributed by atoms with Crippen LogP contribution in [0.3, 0.4) is 0 Å². The van der Waals surface area contributed by atoms with Crippen molar-refractivity contribution >= 4 is 16.7 Å². The third-order valence-corrected chi connectivity index (χ3v) is 5.50. The number of aryl methyl sites for hydroxylation is 2. The SMILES string of the molecule is COc1ccc(-n2cc(C(=O)Oc3cc(C)cc(C)c3)c3cc(OC)c(OC)cc3c2=O)cc1. The van der Waals surface area contributed by atoms with E-state index in [1.165, 1.54) is 25.0 Å². The molecule has 0 aliphatic heterocycles. The Bertz CT molecular complexity index is 1420. The first-order valence-electron chi connectivity index (χ1n) is 10.6. The zero-order valence-electron chi connectivity index (χ0n) is 19.7. The van der Waals surface area contributed by atoms with Gasteiger partial charge in [0.1, 0.15) is 11.5 Å². The predicted molar refractivity (Wildman–Crippen MR) is 130 cm³/mol. The van der Waals surface area contributed by atoms with E-state index >= 15 is 0 Å². The zero-order valence-corrected chi connectivity index (χ0v) is 19.7. The third-order valence-electron chi connectivity index (χ3n) is 5.50. The van der Waals surface area contributed by atoms with Crippen molar-refractivity contribution in [2.45, 2.75) is 13.8 Å². The molecule has 4 rings (SSSR count). The molecule has 0 atom stereocenters. The molecule has 0 saturated heterocycles. The lowest BCUT2D eigenvalue weighted by molar-refractivity contribution is 0.0736. The van der Waals surface area contributed by atoms with Gasteiger partial charge in [0.05, 0.1) is 32.3 Å². The van der Waals surface area contributed by atoms with Gasteiger partial charge >= 0.3 is 5.97 Å². The second-order valence-electron chi connectivity index (χ2n) is 7.88. The molecule has 0 aliphatic rings. The minimum atomic E-state index is -0.593. The van der Waals surface area contributed by atoms with Crippen LogP contribution in [0.1, 0.15) is 21.5 Å². The van der Waals surface area contributed by atoms with Crippen LogP contribution in [0.25, 0.3) is 16.5 Å². The molecule has 7 nitrogen and oxygen atoms in total. The highest BCUT2D eigenvalue weighted by Crippen LogP contribution is 2.33. The second kappa shape index (κ2) is 9.31. The van der Waals surface area contributed by atoms with Gasteiger partial charge in [-0.3, -0.25) is 9.36 Å². The largest absolute Gasteiger partial charge is 0.497 e. The minimum absolute atomic E-state index is 0.213. The van der Waals surface area contributed by atoms with Gasteiger partial charge < -0.3 is 18.9 Å². The van der Waals surface area contributed by atoms with Crippen molar-refractivity contribution in [1.29, 1.82) is 0 Å². The Morgan fingerprint density at radius 2 is 1.32 bits per heavy atom. The quantitative estimate of drug-likeness (QED) is 0.303. The van der Waals surface area contributed by atoms with Crippen molar-refractivity contribution < 1.29 is 23.7 Å². The number of nitrogens with zero attached hydrogens (tertiary/aromatic N) is 1. The summed E-state index contributed by atoms with van der Waals surface area (Å²) in [6.45, 7) is 3.86. The maximum absolute atomic E-state index is 13.5. The molecule has 1 aromatic heterocycles. The van der Waals surface area contributed by atoms with Crippen molar-refractivity contribution in [3.8, 4) is 28.7 Å². The standard InChI is InChI=1S/C27H25NO6/c1-16-10-17(2)12-20(11-16)34-27(30)23-15-28(18-6-8-19(31-3)9-7-18)26(29)22-14-25(33-5)24(32-4)13-21(22)23/h6-15H,1-5H3.